The Morgan fingerprint density at radius 1 is 0.875 bits per heavy atom. The second kappa shape index (κ2) is 8.19. The van der Waals surface area contributed by atoms with Crippen LogP contribution in [0.5, 0.6) is 0 Å². The first-order valence-electron chi connectivity index (χ1n) is 5.40. The van der Waals surface area contributed by atoms with Crippen molar-refractivity contribution in [3.05, 3.63) is 0 Å². The zero-order valence-corrected chi connectivity index (χ0v) is 12.2. The average Bonchev–Trinajstić information content (AvgIpc) is 2.36. The molecule has 0 amide bonds. The van der Waals surface area contributed by atoms with Gasteiger partial charge in [0.05, 0.1) is 0 Å². The van der Waals surface area contributed by atoms with Gasteiger partial charge in [-0.05, 0) is 0 Å². The molecule has 2 atom stereocenters. The van der Waals surface area contributed by atoms with E-state index in [4.69, 9.17) is 20.4 Å². The fourth-order valence-corrected chi connectivity index (χ4v) is 2.29. The van der Waals surface area contributed by atoms with Gasteiger partial charge < -0.3 is 49.2 Å². The lowest BCUT2D eigenvalue weighted by Crippen LogP contribution is -2.54. The summed E-state index contributed by atoms with van der Waals surface area (Å²) < 4.78 is 27.3. The van der Waals surface area contributed by atoms with E-state index in [1.54, 1.807) is 0 Å². The summed E-state index contributed by atoms with van der Waals surface area (Å²) in [7, 11) is -5.84. The SMILES string of the molecule is O=C(O)OCC(OC(=O)O)C(COC(=O)O)(OC(=O)O)P(=O)(O)O. The van der Waals surface area contributed by atoms with Gasteiger partial charge in [0.2, 0.25) is 0 Å². The van der Waals surface area contributed by atoms with Gasteiger partial charge in [-0.15, -0.1) is 0 Å². The molecule has 0 aromatic rings. The monoisotopic (exact) mass is 378 g/mol. The second-order valence-electron chi connectivity index (χ2n) is 3.76. The van der Waals surface area contributed by atoms with Crippen LogP contribution in [0.2, 0.25) is 0 Å². The molecule has 0 radical (unpaired) electrons. The molecule has 0 saturated carbocycles. The summed E-state index contributed by atoms with van der Waals surface area (Å²) in [5, 5.41) is 30.4. The molecular formula is C8H11O15P. The minimum absolute atomic E-state index is 1.44. The van der Waals surface area contributed by atoms with Crippen molar-refractivity contribution < 1.29 is 72.9 Å². The number of carbonyl (C=O) groups is 4. The molecule has 24 heavy (non-hydrogen) atoms. The highest BCUT2D eigenvalue weighted by atomic mass is 31.2. The van der Waals surface area contributed by atoms with Crippen molar-refractivity contribution in [3.8, 4) is 0 Å². The fourth-order valence-electron chi connectivity index (χ4n) is 1.36. The van der Waals surface area contributed by atoms with Crippen molar-refractivity contribution in [2.45, 2.75) is 11.4 Å². The van der Waals surface area contributed by atoms with Gasteiger partial charge in [-0.2, -0.15) is 0 Å². The molecule has 0 aliphatic heterocycles. The summed E-state index contributed by atoms with van der Waals surface area (Å²) in [4.78, 5) is 60.7. The largest absolute Gasteiger partial charge is 0.507 e. The fraction of sp³-hybridized carbons (Fsp3) is 0.500. The number of hydrogen-bond donors (Lipinski definition) is 6. The molecule has 0 aromatic heterocycles. The number of rotatable bonds is 8. The highest BCUT2D eigenvalue weighted by Gasteiger charge is 2.61. The van der Waals surface area contributed by atoms with E-state index < -0.39 is 56.9 Å². The van der Waals surface area contributed by atoms with E-state index in [2.05, 4.69) is 18.9 Å². The Morgan fingerprint density at radius 2 is 1.38 bits per heavy atom. The Kier molecular flexibility index (Phi) is 7.24. The minimum atomic E-state index is -5.84. The van der Waals surface area contributed by atoms with Crippen LogP contribution in [0.4, 0.5) is 19.2 Å². The normalized spacial score (nSPS) is 14.6. The van der Waals surface area contributed by atoms with E-state index in [0.717, 1.165) is 0 Å². The molecule has 6 N–H and O–H groups in total. The van der Waals surface area contributed by atoms with Gasteiger partial charge in [-0.3, -0.25) is 4.57 Å². The predicted molar refractivity (Wildman–Crippen MR) is 64.7 cm³/mol. The molecule has 0 heterocycles. The lowest BCUT2D eigenvalue weighted by molar-refractivity contribution is -0.115. The molecule has 0 rings (SSSR count). The highest BCUT2D eigenvalue weighted by molar-refractivity contribution is 7.53. The number of hydrogen-bond acceptors (Lipinski definition) is 9. The van der Waals surface area contributed by atoms with Crippen molar-refractivity contribution in [2.24, 2.45) is 0 Å². The van der Waals surface area contributed by atoms with Crippen LogP contribution in [0.1, 0.15) is 0 Å². The third-order valence-corrected chi connectivity index (χ3v) is 3.76. The Labute approximate surface area is 131 Å². The first-order chi connectivity index (χ1) is 10.8. The van der Waals surface area contributed by atoms with Crippen LogP contribution in [0.15, 0.2) is 0 Å². The smallest absolute Gasteiger partial charge is 0.450 e. The predicted octanol–water partition coefficient (Wildman–Crippen LogP) is 0.00740. The third-order valence-electron chi connectivity index (χ3n) is 2.26. The first-order valence-corrected chi connectivity index (χ1v) is 7.01. The quantitative estimate of drug-likeness (QED) is 0.185. The molecule has 0 aliphatic rings. The van der Waals surface area contributed by atoms with Gasteiger partial charge in [0.15, 0.2) is 12.7 Å². The summed E-state index contributed by atoms with van der Waals surface area (Å²) >= 11 is 0. The average molecular weight is 378 g/mol. The van der Waals surface area contributed by atoms with Crippen molar-refractivity contribution in [2.75, 3.05) is 13.2 Å². The lowest BCUT2D eigenvalue weighted by Gasteiger charge is -2.36. The molecule has 0 saturated heterocycles. The molecule has 0 bridgehead atoms. The Hall–Kier alpha value is -2.77. The maximum Gasteiger partial charge on any atom is 0.507 e. The Balaban J connectivity index is 6.03. The van der Waals surface area contributed by atoms with Crippen LogP contribution >= 0.6 is 7.60 Å². The Morgan fingerprint density at radius 3 is 1.71 bits per heavy atom. The maximum absolute atomic E-state index is 11.6. The van der Waals surface area contributed by atoms with Gasteiger partial charge in [0, 0.05) is 0 Å². The molecule has 138 valence electrons. The van der Waals surface area contributed by atoms with Gasteiger partial charge >= 0.3 is 32.2 Å². The molecule has 0 aromatic carbocycles. The summed E-state index contributed by atoms with van der Waals surface area (Å²) in [6.07, 6.45) is -11.4. The number of ether oxygens (including phenoxy) is 4. The van der Waals surface area contributed by atoms with E-state index in [9.17, 15) is 33.5 Å². The van der Waals surface area contributed by atoms with E-state index in [1.165, 1.54) is 0 Å². The van der Waals surface area contributed by atoms with Crippen LogP contribution in [0.3, 0.4) is 0 Å². The molecule has 2 unspecified atom stereocenters. The van der Waals surface area contributed by atoms with E-state index in [1.807, 2.05) is 0 Å². The summed E-state index contributed by atoms with van der Waals surface area (Å²) in [6, 6.07) is 0. The highest BCUT2D eigenvalue weighted by Crippen LogP contribution is 2.54. The van der Waals surface area contributed by atoms with Crippen molar-refractivity contribution in [3.63, 3.8) is 0 Å². The Bertz CT molecular complexity index is 550. The van der Waals surface area contributed by atoms with Gasteiger partial charge in [0.25, 0.3) is 5.34 Å². The summed E-state index contributed by atoms with van der Waals surface area (Å²) in [5.74, 6) is 0. The van der Waals surface area contributed by atoms with Crippen molar-refractivity contribution >= 4 is 32.2 Å². The first kappa shape index (κ1) is 21.2. The van der Waals surface area contributed by atoms with Crippen LogP contribution in [-0.2, 0) is 23.5 Å². The van der Waals surface area contributed by atoms with Crippen molar-refractivity contribution in [1.29, 1.82) is 0 Å². The zero-order valence-electron chi connectivity index (χ0n) is 11.3. The van der Waals surface area contributed by atoms with Crippen LogP contribution in [0.25, 0.3) is 0 Å². The maximum atomic E-state index is 11.6. The van der Waals surface area contributed by atoms with Gasteiger partial charge in [-0.25, -0.2) is 19.2 Å². The topological polar surface area (TPSA) is 244 Å². The molecule has 16 heteroatoms. The van der Waals surface area contributed by atoms with Gasteiger partial charge in [-0.1, -0.05) is 0 Å². The van der Waals surface area contributed by atoms with Crippen LogP contribution in [-0.4, -0.2) is 79.5 Å². The number of carboxylic acid groups (broad SMARTS) is 4. The van der Waals surface area contributed by atoms with E-state index in [-0.39, 0.29) is 0 Å². The molecular weight excluding hydrogens is 367 g/mol. The third kappa shape index (κ3) is 6.15. The summed E-state index contributed by atoms with van der Waals surface area (Å²) in [6.45, 7) is -3.16. The van der Waals surface area contributed by atoms with Crippen LogP contribution < -0.4 is 0 Å². The molecule has 0 spiro atoms. The van der Waals surface area contributed by atoms with E-state index >= 15 is 0 Å². The standard InChI is InChI=1S/C8H11O15P/c9-4(10)20-1-3(22-6(13)14)8(23-7(15)16,24(17,18)19)2-21-5(11)12/h3H,1-2H2,(H,9,10)(H,11,12)(H,13,14)(H,15,16)(H2,17,18,19). The lowest BCUT2D eigenvalue weighted by atomic mass is 10.2. The molecule has 0 aliphatic carbocycles. The minimum Gasteiger partial charge on any atom is -0.450 e. The molecule has 0 fully saturated rings. The second-order valence-corrected chi connectivity index (χ2v) is 5.61. The van der Waals surface area contributed by atoms with Crippen LogP contribution in [0, 0.1) is 0 Å². The summed E-state index contributed by atoms with van der Waals surface area (Å²) in [5.41, 5.74) is 0. The van der Waals surface area contributed by atoms with Gasteiger partial charge in [0.1, 0.15) is 6.61 Å². The van der Waals surface area contributed by atoms with Crippen molar-refractivity contribution in [1.82, 2.24) is 0 Å². The zero-order chi connectivity index (χ0) is 19.1. The van der Waals surface area contributed by atoms with E-state index in [0.29, 0.717) is 0 Å². The molecule has 15 nitrogen and oxygen atoms in total.